The molecule has 102 valence electrons. The van der Waals surface area contributed by atoms with Crippen LogP contribution in [0.5, 0.6) is 0 Å². The molecule has 1 aromatic heterocycles. The maximum absolute atomic E-state index is 3.64. The molecular formula is C15H26N2S. The highest BCUT2D eigenvalue weighted by molar-refractivity contribution is 7.09. The monoisotopic (exact) mass is 266 g/mol. The second-order valence-electron chi connectivity index (χ2n) is 5.45. The minimum absolute atomic E-state index is 0.763. The highest BCUT2D eigenvalue weighted by Crippen LogP contribution is 2.26. The van der Waals surface area contributed by atoms with Crippen LogP contribution in [0.3, 0.4) is 0 Å². The van der Waals surface area contributed by atoms with Crippen molar-refractivity contribution in [2.75, 3.05) is 26.7 Å². The molecular weight excluding hydrogens is 240 g/mol. The molecule has 3 heteroatoms. The van der Waals surface area contributed by atoms with Gasteiger partial charge >= 0.3 is 0 Å². The summed E-state index contributed by atoms with van der Waals surface area (Å²) in [4.78, 5) is 4.02. The lowest BCUT2D eigenvalue weighted by atomic mass is 10.0. The average molecular weight is 266 g/mol. The van der Waals surface area contributed by atoms with E-state index in [9.17, 15) is 0 Å². The van der Waals surface area contributed by atoms with E-state index in [4.69, 9.17) is 0 Å². The first-order chi connectivity index (χ1) is 8.79. The third-order valence-corrected chi connectivity index (χ3v) is 4.93. The van der Waals surface area contributed by atoms with Crippen molar-refractivity contribution >= 4 is 11.3 Å². The molecule has 1 aliphatic carbocycles. The SMILES string of the molecule is CCNC1CCCC1CN(C)CCc1cccs1. The van der Waals surface area contributed by atoms with Gasteiger partial charge in [0.15, 0.2) is 0 Å². The highest BCUT2D eigenvalue weighted by Gasteiger charge is 2.27. The van der Waals surface area contributed by atoms with Gasteiger partial charge in [0.2, 0.25) is 0 Å². The fourth-order valence-electron chi connectivity index (χ4n) is 3.03. The summed E-state index contributed by atoms with van der Waals surface area (Å²) in [5.41, 5.74) is 0. The summed E-state index contributed by atoms with van der Waals surface area (Å²) in [5, 5.41) is 5.82. The largest absolute Gasteiger partial charge is 0.314 e. The second kappa shape index (κ2) is 7.27. The van der Waals surface area contributed by atoms with E-state index in [0.29, 0.717) is 0 Å². The van der Waals surface area contributed by atoms with Gasteiger partial charge in [0.25, 0.3) is 0 Å². The molecule has 2 unspecified atom stereocenters. The molecule has 0 aromatic carbocycles. The van der Waals surface area contributed by atoms with Gasteiger partial charge < -0.3 is 10.2 Å². The minimum atomic E-state index is 0.763. The van der Waals surface area contributed by atoms with Crippen molar-refractivity contribution in [1.82, 2.24) is 10.2 Å². The van der Waals surface area contributed by atoms with Gasteiger partial charge in [-0.1, -0.05) is 19.4 Å². The number of likely N-dealkylation sites (N-methyl/N-ethyl adjacent to an activating group) is 1. The maximum Gasteiger partial charge on any atom is 0.0107 e. The van der Waals surface area contributed by atoms with Gasteiger partial charge in [0, 0.05) is 24.0 Å². The van der Waals surface area contributed by atoms with Crippen LogP contribution in [0.2, 0.25) is 0 Å². The maximum atomic E-state index is 3.64. The number of rotatable bonds is 7. The van der Waals surface area contributed by atoms with Crippen molar-refractivity contribution in [3.63, 3.8) is 0 Å². The molecule has 2 rings (SSSR count). The van der Waals surface area contributed by atoms with E-state index in [1.165, 1.54) is 43.6 Å². The van der Waals surface area contributed by atoms with Crippen LogP contribution in [0.4, 0.5) is 0 Å². The van der Waals surface area contributed by atoms with E-state index in [-0.39, 0.29) is 0 Å². The van der Waals surface area contributed by atoms with E-state index >= 15 is 0 Å². The Hall–Kier alpha value is -0.380. The number of nitrogens with zero attached hydrogens (tertiary/aromatic N) is 1. The lowest BCUT2D eigenvalue weighted by molar-refractivity contribution is 0.255. The van der Waals surface area contributed by atoms with Crippen molar-refractivity contribution in [2.45, 2.75) is 38.6 Å². The van der Waals surface area contributed by atoms with Crippen LogP contribution >= 0.6 is 11.3 Å². The Labute approximate surface area is 115 Å². The number of hydrogen-bond donors (Lipinski definition) is 1. The van der Waals surface area contributed by atoms with Gasteiger partial charge in [-0.2, -0.15) is 0 Å². The first-order valence-corrected chi connectivity index (χ1v) is 8.12. The number of nitrogens with one attached hydrogen (secondary N) is 1. The molecule has 2 atom stereocenters. The Kier molecular flexibility index (Phi) is 5.67. The van der Waals surface area contributed by atoms with Gasteiger partial charge in [-0.05, 0) is 50.2 Å². The lowest BCUT2D eigenvalue weighted by Gasteiger charge is -2.26. The van der Waals surface area contributed by atoms with Gasteiger partial charge in [-0.25, -0.2) is 0 Å². The molecule has 18 heavy (non-hydrogen) atoms. The predicted octanol–water partition coefficient (Wildman–Crippen LogP) is 3.00. The molecule has 0 radical (unpaired) electrons. The lowest BCUT2D eigenvalue weighted by Crippen LogP contribution is -2.38. The zero-order valence-corrected chi connectivity index (χ0v) is 12.5. The van der Waals surface area contributed by atoms with Crippen molar-refractivity contribution in [3.05, 3.63) is 22.4 Å². The van der Waals surface area contributed by atoms with Gasteiger partial charge in [0.05, 0.1) is 0 Å². The molecule has 1 fully saturated rings. The second-order valence-corrected chi connectivity index (χ2v) is 6.48. The summed E-state index contributed by atoms with van der Waals surface area (Å²) in [7, 11) is 2.27. The van der Waals surface area contributed by atoms with E-state index in [1.807, 2.05) is 11.3 Å². The van der Waals surface area contributed by atoms with E-state index in [2.05, 4.69) is 41.7 Å². The molecule has 0 aliphatic heterocycles. The van der Waals surface area contributed by atoms with Crippen LogP contribution in [-0.2, 0) is 6.42 Å². The molecule has 1 aliphatic rings. The molecule has 1 heterocycles. The molecule has 0 saturated heterocycles. The summed E-state index contributed by atoms with van der Waals surface area (Å²) in [6.45, 7) is 5.77. The molecule has 0 amide bonds. The Bertz CT molecular complexity index is 323. The summed E-state index contributed by atoms with van der Waals surface area (Å²) in [6.07, 6.45) is 5.38. The molecule has 0 spiro atoms. The fraction of sp³-hybridized carbons (Fsp3) is 0.733. The smallest absolute Gasteiger partial charge is 0.0107 e. The third-order valence-electron chi connectivity index (χ3n) is 3.99. The van der Waals surface area contributed by atoms with Gasteiger partial charge in [-0.15, -0.1) is 11.3 Å². The zero-order chi connectivity index (χ0) is 12.8. The topological polar surface area (TPSA) is 15.3 Å². The van der Waals surface area contributed by atoms with Crippen molar-refractivity contribution in [2.24, 2.45) is 5.92 Å². The first-order valence-electron chi connectivity index (χ1n) is 7.24. The minimum Gasteiger partial charge on any atom is -0.314 e. The summed E-state index contributed by atoms with van der Waals surface area (Å²) < 4.78 is 0. The fourth-order valence-corrected chi connectivity index (χ4v) is 3.73. The van der Waals surface area contributed by atoms with E-state index < -0.39 is 0 Å². The Morgan fingerprint density at radius 1 is 1.44 bits per heavy atom. The van der Waals surface area contributed by atoms with Crippen molar-refractivity contribution in [1.29, 1.82) is 0 Å². The summed E-state index contributed by atoms with van der Waals surface area (Å²) >= 11 is 1.88. The molecule has 0 bridgehead atoms. The quantitative estimate of drug-likeness (QED) is 0.816. The first kappa shape index (κ1) is 14.0. The normalized spacial score (nSPS) is 23.9. The highest BCUT2D eigenvalue weighted by atomic mass is 32.1. The third kappa shape index (κ3) is 4.08. The standard InChI is InChI=1S/C15H26N2S/c1-3-16-15-8-4-6-13(15)12-17(2)10-9-14-7-5-11-18-14/h5,7,11,13,15-16H,3-4,6,8-10,12H2,1-2H3. The van der Waals surface area contributed by atoms with Crippen molar-refractivity contribution in [3.8, 4) is 0 Å². The average Bonchev–Trinajstić information content (AvgIpc) is 2.99. The van der Waals surface area contributed by atoms with Crippen LogP contribution in [0.1, 0.15) is 31.1 Å². The van der Waals surface area contributed by atoms with Crippen LogP contribution in [0.15, 0.2) is 17.5 Å². The Morgan fingerprint density at radius 3 is 3.06 bits per heavy atom. The van der Waals surface area contributed by atoms with Crippen LogP contribution in [-0.4, -0.2) is 37.6 Å². The van der Waals surface area contributed by atoms with Gasteiger partial charge in [-0.3, -0.25) is 0 Å². The molecule has 1 aromatic rings. The van der Waals surface area contributed by atoms with Crippen molar-refractivity contribution < 1.29 is 0 Å². The summed E-state index contributed by atoms with van der Waals surface area (Å²) in [5.74, 6) is 0.860. The number of thiophene rings is 1. The predicted molar refractivity (Wildman–Crippen MR) is 80.3 cm³/mol. The molecule has 2 nitrogen and oxygen atoms in total. The molecule has 1 N–H and O–H groups in total. The zero-order valence-electron chi connectivity index (χ0n) is 11.7. The van der Waals surface area contributed by atoms with Crippen LogP contribution < -0.4 is 5.32 Å². The summed E-state index contributed by atoms with van der Waals surface area (Å²) in [6, 6.07) is 5.16. The van der Waals surface area contributed by atoms with Crippen LogP contribution in [0, 0.1) is 5.92 Å². The van der Waals surface area contributed by atoms with E-state index in [1.54, 1.807) is 0 Å². The Morgan fingerprint density at radius 2 is 2.33 bits per heavy atom. The molecule has 1 saturated carbocycles. The van der Waals surface area contributed by atoms with Gasteiger partial charge in [0.1, 0.15) is 0 Å². The Balaban J connectivity index is 1.71. The van der Waals surface area contributed by atoms with E-state index in [0.717, 1.165) is 18.5 Å². The van der Waals surface area contributed by atoms with Crippen LogP contribution in [0.25, 0.3) is 0 Å². The number of hydrogen-bond acceptors (Lipinski definition) is 3.